The van der Waals surface area contributed by atoms with Crippen molar-refractivity contribution in [2.75, 3.05) is 47.0 Å². The van der Waals surface area contributed by atoms with E-state index in [1.807, 2.05) is 0 Å². The fraction of sp³-hybridized carbons (Fsp3) is 0.750. The maximum atomic E-state index is 5.63. The van der Waals surface area contributed by atoms with Crippen LogP contribution in [0.5, 0.6) is 0 Å². The van der Waals surface area contributed by atoms with E-state index in [9.17, 15) is 0 Å². The molecule has 0 amide bonds. The van der Waals surface area contributed by atoms with E-state index < -0.39 is 0 Å². The number of nitrogens with one attached hydrogen (secondary N) is 1. The Morgan fingerprint density at radius 3 is 3.10 bits per heavy atom. The monoisotopic (exact) mass is 410 g/mol. The molecule has 1 aromatic rings. The van der Waals surface area contributed by atoms with Crippen molar-refractivity contribution in [3.63, 3.8) is 0 Å². The Morgan fingerprint density at radius 2 is 2.43 bits per heavy atom. The highest BCUT2D eigenvalue weighted by molar-refractivity contribution is 14.0. The Bertz CT molecular complexity index is 412. The van der Waals surface area contributed by atoms with E-state index in [4.69, 9.17) is 9.47 Å². The summed E-state index contributed by atoms with van der Waals surface area (Å²) in [5.74, 6) is 0.884. The summed E-state index contributed by atoms with van der Waals surface area (Å²) >= 11 is 0. The summed E-state index contributed by atoms with van der Waals surface area (Å²) in [6, 6.07) is 0. The van der Waals surface area contributed by atoms with E-state index in [1.54, 1.807) is 25.2 Å². The van der Waals surface area contributed by atoms with Crippen LogP contribution in [-0.4, -0.2) is 78.7 Å². The van der Waals surface area contributed by atoms with Gasteiger partial charge in [0, 0.05) is 33.8 Å². The fourth-order valence-electron chi connectivity index (χ4n) is 2.16. The zero-order valence-electron chi connectivity index (χ0n) is 12.4. The molecule has 9 heteroatoms. The van der Waals surface area contributed by atoms with Gasteiger partial charge in [0.25, 0.3) is 0 Å². The van der Waals surface area contributed by atoms with Gasteiger partial charge in [-0.15, -0.1) is 24.0 Å². The van der Waals surface area contributed by atoms with E-state index >= 15 is 0 Å². The normalized spacial score (nSPS) is 19.2. The van der Waals surface area contributed by atoms with E-state index in [2.05, 4.69) is 25.3 Å². The molecule has 1 aromatic heterocycles. The van der Waals surface area contributed by atoms with Crippen LogP contribution in [0, 0.1) is 0 Å². The van der Waals surface area contributed by atoms with Gasteiger partial charge in [0.05, 0.1) is 25.9 Å². The minimum Gasteiger partial charge on any atom is -0.382 e. The summed E-state index contributed by atoms with van der Waals surface area (Å²) in [6.45, 7) is 4.43. The van der Waals surface area contributed by atoms with Crippen LogP contribution in [0.1, 0.15) is 0 Å². The van der Waals surface area contributed by atoms with Crippen molar-refractivity contribution in [2.45, 2.75) is 12.6 Å². The van der Waals surface area contributed by atoms with E-state index in [0.29, 0.717) is 13.2 Å². The average Bonchev–Trinajstić information content (AvgIpc) is 2.97. The van der Waals surface area contributed by atoms with Crippen LogP contribution in [-0.2, 0) is 16.0 Å². The standard InChI is InChI=1S/C12H22N6O2.HI/c1-13-12(15-3-4-18-10-14-9-16-18)17-5-6-20-11(7-17)8-19-2;/h9-11H,3-8H2,1-2H3,(H,13,15);1H. The number of aliphatic imine (C=N–C) groups is 1. The van der Waals surface area contributed by atoms with Crippen molar-refractivity contribution in [1.82, 2.24) is 25.0 Å². The van der Waals surface area contributed by atoms with Crippen LogP contribution in [0.3, 0.4) is 0 Å². The first-order valence-electron chi connectivity index (χ1n) is 6.72. The Morgan fingerprint density at radius 1 is 1.57 bits per heavy atom. The third kappa shape index (κ3) is 5.75. The molecule has 2 rings (SSSR count). The maximum absolute atomic E-state index is 5.63. The second-order valence-electron chi connectivity index (χ2n) is 4.53. The van der Waals surface area contributed by atoms with Gasteiger partial charge in [-0.2, -0.15) is 5.10 Å². The van der Waals surface area contributed by atoms with Gasteiger partial charge in [0.2, 0.25) is 0 Å². The van der Waals surface area contributed by atoms with Gasteiger partial charge in [0.15, 0.2) is 5.96 Å². The topological polar surface area (TPSA) is 76.8 Å². The molecule has 0 spiro atoms. The summed E-state index contributed by atoms with van der Waals surface area (Å²) < 4.78 is 12.6. The summed E-state index contributed by atoms with van der Waals surface area (Å²) in [4.78, 5) is 10.4. The third-order valence-electron chi connectivity index (χ3n) is 3.09. The molecule has 120 valence electrons. The number of hydrogen-bond acceptors (Lipinski definition) is 5. The zero-order valence-corrected chi connectivity index (χ0v) is 14.8. The Balaban J connectivity index is 0.00000220. The van der Waals surface area contributed by atoms with Gasteiger partial charge in [-0.3, -0.25) is 9.67 Å². The van der Waals surface area contributed by atoms with Crippen LogP contribution in [0.15, 0.2) is 17.6 Å². The quantitative estimate of drug-likeness (QED) is 0.413. The summed E-state index contributed by atoms with van der Waals surface area (Å²) in [6.07, 6.45) is 3.34. The van der Waals surface area contributed by atoms with Crippen LogP contribution >= 0.6 is 24.0 Å². The van der Waals surface area contributed by atoms with Gasteiger partial charge >= 0.3 is 0 Å². The number of aromatic nitrogens is 3. The summed E-state index contributed by atoms with van der Waals surface area (Å²) in [5.41, 5.74) is 0. The van der Waals surface area contributed by atoms with Crippen molar-refractivity contribution in [3.05, 3.63) is 12.7 Å². The number of hydrogen-bond donors (Lipinski definition) is 1. The number of nitrogens with zero attached hydrogens (tertiary/aromatic N) is 5. The highest BCUT2D eigenvalue weighted by Gasteiger charge is 2.22. The molecule has 0 aliphatic carbocycles. The maximum Gasteiger partial charge on any atom is 0.193 e. The Hall–Kier alpha value is -0.940. The lowest BCUT2D eigenvalue weighted by Crippen LogP contribution is -2.51. The van der Waals surface area contributed by atoms with Gasteiger partial charge in [-0.05, 0) is 0 Å². The highest BCUT2D eigenvalue weighted by atomic mass is 127. The minimum atomic E-state index is 0. The SMILES string of the molecule is CN=C(NCCn1cncn1)N1CCOC(COC)C1.I. The molecule has 8 nitrogen and oxygen atoms in total. The van der Waals surface area contributed by atoms with E-state index in [0.717, 1.165) is 32.1 Å². The van der Waals surface area contributed by atoms with Crippen molar-refractivity contribution < 1.29 is 9.47 Å². The molecule has 1 aliphatic heterocycles. The molecule has 21 heavy (non-hydrogen) atoms. The number of rotatable bonds is 5. The number of ether oxygens (including phenoxy) is 2. The van der Waals surface area contributed by atoms with E-state index in [1.165, 1.54) is 6.33 Å². The predicted octanol–water partition coefficient (Wildman–Crippen LogP) is -0.181. The van der Waals surface area contributed by atoms with Crippen molar-refractivity contribution in [2.24, 2.45) is 4.99 Å². The van der Waals surface area contributed by atoms with Gasteiger partial charge < -0.3 is 19.7 Å². The molecule has 1 atom stereocenters. The van der Waals surface area contributed by atoms with Crippen LogP contribution in [0.2, 0.25) is 0 Å². The third-order valence-corrected chi connectivity index (χ3v) is 3.09. The van der Waals surface area contributed by atoms with Gasteiger partial charge in [0.1, 0.15) is 12.7 Å². The molecule has 1 fully saturated rings. The van der Waals surface area contributed by atoms with Crippen LogP contribution < -0.4 is 5.32 Å². The first-order valence-corrected chi connectivity index (χ1v) is 6.72. The second-order valence-corrected chi connectivity index (χ2v) is 4.53. The molecule has 0 saturated carbocycles. The first kappa shape index (κ1) is 18.1. The molecular weight excluding hydrogens is 387 g/mol. The number of morpholine rings is 1. The average molecular weight is 410 g/mol. The molecule has 0 radical (unpaired) electrons. The lowest BCUT2D eigenvalue weighted by Gasteiger charge is -2.34. The predicted molar refractivity (Wildman–Crippen MR) is 90.0 cm³/mol. The lowest BCUT2D eigenvalue weighted by atomic mass is 10.3. The number of methoxy groups -OCH3 is 1. The number of halogens is 1. The summed E-state index contributed by atoms with van der Waals surface area (Å²) in [7, 11) is 3.48. The lowest BCUT2D eigenvalue weighted by molar-refractivity contribution is -0.0447. The van der Waals surface area contributed by atoms with Crippen LogP contribution in [0.4, 0.5) is 0 Å². The first-order chi connectivity index (χ1) is 9.83. The molecule has 2 heterocycles. The molecular formula is C12H23IN6O2. The Kier molecular flexibility index (Phi) is 8.54. The van der Waals surface area contributed by atoms with E-state index in [-0.39, 0.29) is 30.1 Å². The molecule has 1 aliphatic rings. The summed E-state index contributed by atoms with van der Waals surface area (Å²) in [5, 5.41) is 7.39. The molecule has 1 saturated heterocycles. The molecule has 1 N–H and O–H groups in total. The molecule has 0 aromatic carbocycles. The number of guanidine groups is 1. The van der Waals surface area contributed by atoms with Gasteiger partial charge in [-0.25, -0.2) is 4.98 Å². The fourth-order valence-corrected chi connectivity index (χ4v) is 2.16. The van der Waals surface area contributed by atoms with Crippen molar-refractivity contribution in [1.29, 1.82) is 0 Å². The minimum absolute atomic E-state index is 0. The van der Waals surface area contributed by atoms with Crippen LogP contribution in [0.25, 0.3) is 0 Å². The Labute approximate surface area is 141 Å². The highest BCUT2D eigenvalue weighted by Crippen LogP contribution is 2.05. The van der Waals surface area contributed by atoms with Crippen molar-refractivity contribution >= 4 is 29.9 Å². The zero-order chi connectivity index (χ0) is 14.2. The molecule has 1 unspecified atom stereocenters. The van der Waals surface area contributed by atoms with Gasteiger partial charge in [-0.1, -0.05) is 0 Å². The largest absolute Gasteiger partial charge is 0.382 e. The molecule has 0 bridgehead atoms. The second kappa shape index (κ2) is 9.90. The van der Waals surface area contributed by atoms with Crippen molar-refractivity contribution in [3.8, 4) is 0 Å². The smallest absolute Gasteiger partial charge is 0.193 e.